The summed E-state index contributed by atoms with van der Waals surface area (Å²) in [6, 6.07) is 9.22. The van der Waals surface area contributed by atoms with Crippen LogP contribution in [0.4, 0.5) is 0 Å². The van der Waals surface area contributed by atoms with Gasteiger partial charge in [0.25, 0.3) is 0 Å². The van der Waals surface area contributed by atoms with Crippen molar-refractivity contribution in [2.24, 2.45) is 11.7 Å². The van der Waals surface area contributed by atoms with E-state index in [2.05, 4.69) is 29.9 Å². The Morgan fingerprint density at radius 1 is 1.38 bits per heavy atom. The Bertz CT molecular complexity index is 753. The Kier molecular flexibility index (Phi) is 5.76. The molecule has 0 aliphatic carbocycles. The van der Waals surface area contributed by atoms with Gasteiger partial charge in [0.15, 0.2) is 0 Å². The Morgan fingerprint density at radius 2 is 2.12 bits per heavy atom. The first-order valence-corrected chi connectivity index (χ1v) is 8.13. The van der Waals surface area contributed by atoms with Crippen LogP contribution in [0.25, 0.3) is 11.3 Å². The number of nitrogens with two attached hydrogens (primary N) is 1. The topological polar surface area (TPSA) is 84.8 Å². The molecule has 5 nitrogen and oxygen atoms in total. The fourth-order valence-corrected chi connectivity index (χ4v) is 2.78. The van der Waals surface area contributed by atoms with Crippen molar-refractivity contribution < 1.29 is 4.74 Å². The maximum Gasteiger partial charge on any atom is 0.222 e. The number of halogens is 1. The van der Waals surface area contributed by atoms with E-state index in [1.807, 2.05) is 13.0 Å². The fourth-order valence-electron chi connectivity index (χ4n) is 2.63. The van der Waals surface area contributed by atoms with Gasteiger partial charge in [-0.2, -0.15) is 5.26 Å². The van der Waals surface area contributed by atoms with Crippen LogP contribution >= 0.6 is 11.6 Å². The molecule has 24 heavy (non-hydrogen) atoms. The molecule has 1 aromatic heterocycles. The number of aromatic nitrogens is 2. The predicted octanol–water partition coefficient (Wildman–Crippen LogP) is 3.81. The standard InChI is InChI=1S/C18H21ClN4O/c1-12(2)9-18(3,21)11-24-16-5-4-13(8-14(16)10-20)15-6-7-22-17(19)23-15/h4-8,12H,9,11,21H2,1-3H3/t18-/m0/s1. The number of rotatable bonds is 6. The van der Waals surface area contributed by atoms with Gasteiger partial charge in [0.05, 0.1) is 11.3 Å². The van der Waals surface area contributed by atoms with Crippen LogP contribution in [-0.2, 0) is 0 Å². The number of ether oxygens (including phenoxy) is 1. The molecule has 0 unspecified atom stereocenters. The van der Waals surface area contributed by atoms with E-state index in [-0.39, 0.29) is 5.28 Å². The number of nitriles is 1. The van der Waals surface area contributed by atoms with Crippen molar-refractivity contribution in [2.45, 2.75) is 32.7 Å². The Morgan fingerprint density at radius 3 is 2.75 bits per heavy atom. The van der Waals surface area contributed by atoms with Gasteiger partial charge >= 0.3 is 0 Å². The van der Waals surface area contributed by atoms with Gasteiger partial charge in [-0.25, -0.2) is 9.97 Å². The van der Waals surface area contributed by atoms with Gasteiger partial charge < -0.3 is 10.5 Å². The SMILES string of the molecule is CC(C)C[C@](C)(N)COc1ccc(-c2ccnc(Cl)n2)cc1C#N. The van der Waals surface area contributed by atoms with Gasteiger partial charge in [0.2, 0.25) is 5.28 Å². The zero-order chi connectivity index (χ0) is 17.7. The lowest BCUT2D eigenvalue weighted by Crippen LogP contribution is -2.43. The van der Waals surface area contributed by atoms with Gasteiger partial charge in [-0.05, 0) is 55.1 Å². The zero-order valence-electron chi connectivity index (χ0n) is 14.1. The average molecular weight is 345 g/mol. The molecule has 1 atom stereocenters. The molecule has 1 heterocycles. The van der Waals surface area contributed by atoms with Crippen molar-refractivity contribution in [2.75, 3.05) is 6.61 Å². The van der Waals surface area contributed by atoms with Crippen LogP contribution in [0.3, 0.4) is 0 Å². The summed E-state index contributed by atoms with van der Waals surface area (Å²) in [5.74, 6) is 0.991. The first-order valence-electron chi connectivity index (χ1n) is 7.75. The summed E-state index contributed by atoms with van der Waals surface area (Å²) in [6.45, 7) is 6.54. The number of hydrogen-bond acceptors (Lipinski definition) is 5. The summed E-state index contributed by atoms with van der Waals surface area (Å²) in [4.78, 5) is 8.01. The lowest BCUT2D eigenvalue weighted by Gasteiger charge is -2.26. The molecule has 2 aromatic rings. The lowest BCUT2D eigenvalue weighted by atomic mass is 9.93. The number of benzene rings is 1. The maximum atomic E-state index is 9.40. The largest absolute Gasteiger partial charge is 0.490 e. The number of hydrogen-bond donors (Lipinski definition) is 1. The third-order valence-corrected chi connectivity index (χ3v) is 3.64. The minimum absolute atomic E-state index is 0.166. The molecule has 6 heteroatoms. The van der Waals surface area contributed by atoms with E-state index in [4.69, 9.17) is 22.1 Å². The monoisotopic (exact) mass is 344 g/mol. The van der Waals surface area contributed by atoms with Crippen LogP contribution in [-0.4, -0.2) is 22.1 Å². The summed E-state index contributed by atoms with van der Waals surface area (Å²) < 4.78 is 5.80. The molecule has 0 aliphatic rings. The molecule has 2 rings (SSSR count). The van der Waals surface area contributed by atoms with E-state index in [1.54, 1.807) is 24.4 Å². The molecule has 1 aromatic carbocycles. The third-order valence-electron chi connectivity index (χ3n) is 3.45. The van der Waals surface area contributed by atoms with E-state index in [9.17, 15) is 5.26 Å². The molecule has 0 saturated heterocycles. The van der Waals surface area contributed by atoms with Crippen molar-refractivity contribution in [1.82, 2.24) is 9.97 Å². The van der Waals surface area contributed by atoms with E-state index in [0.717, 1.165) is 12.0 Å². The Hall–Kier alpha value is -2.16. The molecular weight excluding hydrogens is 324 g/mol. The van der Waals surface area contributed by atoms with Crippen LogP contribution in [0.1, 0.15) is 32.8 Å². The second-order valence-electron chi connectivity index (χ2n) is 6.57. The van der Waals surface area contributed by atoms with Crippen LogP contribution in [0.2, 0.25) is 5.28 Å². The first-order chi connectivity index (χ1) is 11.3. The van der Waals surface area contributed by atoms with Crippen molar-refractivity contribution in [3.63, 3.8) is 0 Å². The normalized spacial score (nSPS) is 13.4. The van der Waals surface area contributed by atoms with Crippen molar-refractivity contribution >= 4 is 11.6 Å². The summed E-state index contributed by atoms with van der Waals surface area (Å²) in [5, 5.41) is 9.56. The molecule has 0 amide bonds. The van der Waals surface area contributed by atoms with Gasteiger partial charge in [0, 0.05) is 17.3 Å². The molecule has 126 valence electrons. The highest BCUT2D eigenvalue weighted by Crippen LogP contribution is 2.26. The molecule has 0 aliphatic heterocycles. The summed E-state index contributed by atoms with van der Waals surface area (Å²) in [7, 11) is 0. The van der Waals surface area contributed by atoms with Crippen LogP contribution in [0.15, 0.2) is 30.5 Å². The Balaban J connectivity index is 2.20. The molecule has 0 spiro atoms. The molecule has 0 saturated carbocycles. The van der Waals surface area contributed by atoms with Gasteiger partial charge in [0.1, 0.15) is 18.4 Å². The summed E-state index contributed by atoms with van der Waals surface area (Å²) >= 11 is 5.82. The van der Waals surface area contributed by atoms with Gasteiger partial charge in [-0.3, -0.25) is 0 Å². The van der Waals surface area contributed by atoms with Crippen LogP contribution in [0.5, 0.6) is 5.75 Å². The lowest BCUT2D eigenvalue weighted by molar-refractivity contribution is 0.206. The van der Waals surface area contributed by atoms with Crippen molar-refractivity contribution in [3.8, 4) is 23.1 Å². The minimum Gasteiger partial charge on any atom is -0.490 e. The highest BCUT2D eigenvalue weighted by atomic mass is 35.5. The van der Waals surface area contributed by atoms with E-state index < -0.39 is 5.54 Å². The Labute approximate surface area is 147 Å². The summed E-state index contributed by atoms with van der Waals surface area (Å²) in [6.07, 6.45) is 2.42. The minimum atomic E-state index is -0.445. The predicted molar refractivity (Wildman–Crippen MR) is 94.7 cm³/mol. The molecule has 0 radical (unpaired) electrons. The third kappa shape index (κ3) is 4.92. The maximum absolute atomic E-state index is 9.40. The van der Waals surface area contributed by atoms with Crippen LogP contribution in [0, 0.1) is 17.2 Å². The molecule has 2 N–H and O–H groups in total. The molecular formula is C18H21ClN4O. The highest BCUT2D eigenvalue weighted by Gasteiger charge is 2.21. The van der Waals surface area contributed by atoms with E-state index in [1.165, 1.54) is 0 Å². The van der Waals surface area contributed by atoms with Crippen LogP contribution < -0.4 is 10.5 Å². The van der Waals surface area contributed by atoms with Gasteiger partial charge in [-0.1, -0.05) is 13.8 Å². The molecule has 0 bridgehead atoms. The average Bonchev–Trinajstić information content (AvgIpc) is 2.51. The second kappa shape index (κ2) is 7.61. The van der Waals surface area contributed by atoms with E-state index in [0.29, 0.717) is 29.5 Å². The van der Waals surface area contributed by atoms with Crippen molar-refractivity contribution in [1.29, 1.82) is 5.26 Å². The van der Waals surface area contributed by atoms with E-state index >= 15 is 0 Å². The second-order valence-corrected chi connectivity index (χ2v) is 6.91. The fraction of sp³-hybridized carbons (Fsp3) is 0.389. The zero-order valence-corrected chi connectivity index (χ0v) is 14.8. The molecule has 0 fully saturated rings. The van der Waals surface area contributed by atoms with Gasteiger partial charge in [-0.15, -0.1) is 0 Å². The smallest absolute Gasteiger partial charge is 0.222 e. The number of nitrogens with zero attached hydrogens (tertiary/aromatic N) is 3. The first kappa shape index (κ1) is 18.2. The highest BCUT2D eigenvalue weighted by molar-refractivity contribution is 6.28. The quantitative estimate of drug-likeness (QED) is 0.805. The summed E-state index contributed by atoms with van der Waals surface area (Å²) in [5.41, 5.74) is 7.68. The van der Waals surface area contributed by atoms with Crippen molar-refractivity contribution in [3.05, 3.63) is 41.3 Å².